The van der Waals surface area contributed by atoms with Crippen LogP contribution >= 0.6 is 0 Å². The Hall–Kier alpha value is -3.76. The number of nitrogens with zero attached hydrogens (tertiary/aromatic N) is 1. The monoisotopic (exact) mass is 555 g/mol. The summed E-state index contributed by atoms with van der Waals surface area (Å²) in [6.45, 7) is 9.78. The molecule has 10 heteroatoms. The van der Waals surface area contributed by atoms with Crippen LogP contribution in [0.4, 0.5) is 0 Å². The highest BCUT2D eigenvalue weighted by Gasteiger charge is 2.26. The van der Waals surface area contributed by atoms with Gasteiger partial charge in [0.1, 0.15) is 6.04 Å². The van der Waals surface area contributed by atoms with E-state index in [1.165, 1.54) is 0 Å². The van der Waals surface area contributed by atoms with Crippen LogP contribution in [-0.2, 0) is 16.1 Å². The average Bonchev–Trinajstić information content (AvgIpc) is 2.94. The van der Waals surface area contributed by atoms with Gasteiger partial charge >= 0.3 is 5.97 Å². The van der Waals surface area contributed by atoms with E-state index < -0.39 is 12.0 Å². The van der Waals surface area contributed by atoms with E-state index in [-0.39, 0.29) is 36.6 Å². The van der Waals surface area contributed by atoms with Crippen LogP contribution in [-0.4, -0.2) is 65.9 Å². The zero-order valence-electron chi connectivity index (χ0n) is 24.3. The molecule has 2 rings (SSSR count). The minimum absolute atomic E-state index is 0.0249. The SMILES string of the molecule is CCCN(CCC)C(=O)C(CCC(=O)O)NC(=O)c1ccccc1.CNNCc1ccc(C(=O)NC(C)C)cc1. The Bertz CT molecular complexity index is 1040. The highest BCUT2D eigenvalue weighted by atomic mass is 16.4. The van der Waals surface area contributed by atoms with Crippen molar-refractivity contribution >= 4 is 23.7 Å². The number of carbonyl (C=O) groups is 4. The quantitative estimate of drug-likeness (QED) is 0.212. The number of benzene rings is 2. The molecule has 0 radical (unpaired) electrons. The summed E-state index contributed by atoms with van der Waals surface area (Å²) in [5.41, 5.74) is 8.12. The lowest BCUT2D eigenvalue weighted by atomic mass is 10.1. The highest BCUT2D eigenvalue weighted by molar-refractivity contribution is 5.97. The Morgan fingerprint density at radius 3 is 1.88 bits per heavy atom. The van der Waals surface area contributed by atoms with Crippen molar-refractivity contribution in [3.63, 3.8) is 0 Å². The number of hydrazine groups is 1. The van der Waals surface area contributed by atoms with Gasteiger partial charge in [0.25, 0.3) is 11.8 Å². The maximum atomic E-state index is 12.7. The molecule has 5 N–H and O–H groups in total. The number of rotatable bonds is 15. The van der Waals surface area contributed by atoms with Crippen LogP contribution in [0.15, 0.2) is 54.6 Å². The van der Waals surface area contributed by atoms with Crippen molar-refractivity contribution in [1.29, 1.82) is 0 Å². The van der Waals surface area contributed by atoms with Crippen molar-refractivity contribution in [2.75, 3.05) is 20.1 Å². The van der Waals surface area contributed by atoms with E-state index in [1.54, 1.807) is 35.2 Å². The van der Waals surface area contributed by atoms with Crippen molar-refractivity contribution in [3.8, 4) is 0 Å². The molecule has 3 amide bonds. The largest absolute Gasteiger partial charge is 0.481 e. The third-order valence-corrected chi connectivity index (χ3v) is 5.69. The number of carbonyl (C=O) groups excluding carboxylic acids is 3. The fourth-order valence-electron chi connectivity index (χ4n) is 3.76. The van der Waals surface area contributed by atoms with Crippen LogP contribution in [0.25, 0.3) is 0 Å². The van der Waals surface area contributed by atoms with Crippen molar-refractivity contribution in [2.24, 2.45) is 0 Å². The van der Waals surface area contributed by atoms with E-state index in [2.05, 4.69) is 21.5 Å². The first-order chi connectivity index (χ1) is 19.1. The Balaban J connectivity index is 0.000000433. The molecule has 0 saturated carbocycles. The Kier molecular flexibility index (Phi) is 16.6. The zero-order valence-corrected chi connectivity index (χ0v) is 24.3. The number of nitrogens with one attached hydrogen (secondary N) is 4. The van der Waals surface area contributed by atoms with Gasteiger partial charge < -0.3 is 20.6 Å². The lowest BCUT2D eigenvalue weighted by molar-refractivity contribution is -0.138. The first-order valence-electron chi connectivity index (χ1n) is 13.8. The smallest absolute Gasteiger partial charge is 0.303 e. The maximum absolute atomic E-state index is 12.7. The molecule has 0 aromatic heterocycles. The van der Waals surface area contributed by atoms with E-state index in [0.29, 0.717) is 24.2 Å². The third-order valence-electron chi connectivity index (χ3n) is 5.69. The molecule has 0 fully saturated rings. The fourth-order valence-corrected chi connectivity index (χ4v) is 3.76. The zero-order chi connectivity index (χ0) is 29.9. The number of hydrogen-bond donors (Lipinski definition) is 5. The van der Waals surface area contributed by atoms with E-state index >= 15 is 0 Å². The first kappa shape index (κ1) is 34.3. The Labute approximate surface area is 237 Å². The Morgan fingerprint density at radius 1 is 0.825 bits per heavy atom. The van der Waals surface area contributed by atoms with Gasteiger partial charge in [-0.05, 0) is 70.0 Å². The normalized spacial score (nSPS) is 11.2. The van der Waals surface area contributed by atoms with Crippen LogP contribution in [0.2, 0.25) is 0 Å². The molecule has 220 valence electrons. The second-order valence-electron chi connectivity index (χ2n) is 9.58. The molecular weight excluding hydrogens is 510 g/mol. The van der Waals surface area contributed by atoms with Gasteiger partial charge in [0.05, 0.1) is 0 Å². The molecular formula is C30H45N5O5. The summed E-state index contributed by atoms with van der Waals surface area (Å²) in [6.07, 6.45) is 1.53. The highest BCUT2D eigenvalue weighted by Crippen LogP contribution is 2.08. The van der Waals surface area contributed by atoms with Crippen molar-refractivity contribution in [3.05, 3.63) is 71.3 Å². The van der Waals surface area contributed by atoms with Gasteiger partial charge in [0.15, 0.2) is 0 Å². The summed E-state index contributed by atoms with van der Waals surface area (Å²) >= 11 is 0. The average molecular weight is 556 g/mol. The molecule has 0 bridgehead atoms. The number of carboxylic acid groups (broad SMARTS) is 1. The summed E-state index contributed by atoms with van der Waals surface area (Å²) < 4.78 is 0. The number of amides is 3. The van der Waals surface area contributed by atoms with Crippen molar-refractivity contribution < 1.29 is 24.3 Å². The second-order valence-corrected chi connectivity index (χ2v) is 9.58. The standard InChI is InChI=1S/C18H26N2O4.C12H19N3O/c1-3-12-20(13-4-2)18(24)15(10-11-16(21)22)19-17(23)14-8-6-5-7-9-14;1-9(2)15-12(16)11-6-4-10(5-7-11)8-14-13-3/h5-9,15H,3-4,10-13H2,1-2H3,(H,19,23)(H,21,22);4-7,9,13-14H,8H2,1-3H3,(H,15,16). The van der Waals surface area contributed by atoms with Gasteiger partial charge in [0, 0.05) is 43.2 Å². The molecule has 0 aliphatic carbocycles. The third kappa shape index (κ3) is 13.3. The number of carboxylic acids is 1. The van der Waals surface area contributed by atoms with Gasteiger partial charge in [-0.15, -0.1) is 0 Å². The minimum atomic E-state index is -0.987. The molecule has 0 spiro atoms. The molecule has 10 nitrogen and oxygen atoms in total. The first-order valence-corrected chi connectivity index (χ1v) is 13.8. The van der Waals surface area contributed by atoms with Gasteiger partial charge in [-0.25, -0.2) is 0 Å². The molecule has 0 saturated heterocycles. The summed E-state index contributed by atoms with van der Waals surface area (Å²) in [4.78, 5) is 49.2. The lowest BCUT2D eigenvalue weighted by Crippen LogP contribution is -2.49. The molecule has 0 aliphatic heterocycles. The second kappa shape index (κ2) is 19.3. The lowest BCUT2D eigenvalue weighted by Gasteiger charge is -2.27. The molecule has 2 aromatic carbocycles. The van der Waals surface area contributed by atoms with Crippen molar-refractivity contribution in [2.45, 2.75) is 72.0 Å². The van der Waals surface area contributed by atoms with Crippen LogP contribution in [0.1, 0.15) is 79.7 Å². The number of aliphatic carboxylic acids is 1. The van der Waals surface area contributed by atoms with Crippen molar-refractivity contribution in [1.82, 2.24) is 26.4 Å². The molecule has 0 aliphatic rings. The fraction of sp³-hybridized carbons (Fsp3) is 0.467. The predicted octanol–water partition coefficient (Wildman–Crippen LogP) is 3.35. The van der Waals surface area contributed by atoms with Gasteiger partial charge in [-0.2, -0.15) is 0 Å². The summed E-state index contributed by atoms with van der Waals surface area (Å²) in [7, 11) is 1.82. The van der Waals surface area contributed by atoms with E-state index in [9.17, 15) is 19.2 Å². The summed E-state index contributed by atoms with van der Waals surface area (Å²) in [5, 5.41) is 14.5. The van der Waals surface area contributed by atoms with E-state index in [4.69, 9.17) is 5.11 Å². The van der Waals surface area contributed by atoms with Crippen LogP contribution in [0.3, 0.4) is 0 Å². The van der Waals surface area contributed by atoms with Crippen LogP contribution in [0.5, 0.6) is 0 Å². The number of hydrogen-bond acceptors (Lipinski definition) is 6. The van der Waals surface area contributed by atoms with Gasteiger partial charge in [-0.3, -0.25) is 30.0 Å². The summed E-state index contributed by atoms with van der Waals surface area (Å²) in [5.74, 6) is -1.60. The topological polar surface area (TPSA) is 140 Å². The summed E-state index contributed by atoms with van der Waals surface area (Å²) in [6, 6.07) is 15.5. The predicted molar refractivity (Wildman–Crippen MR) is 157 cm³/mol. The van der Waals surface area contributed by atoms with E-state index in [1.807, 2.05) is 59.0 Å². The van der Waals surface area contributed by atoms with Gasteiger partial charge in [-0.1, -0.05) is 44.2 Å². The van der Waals surface area contributed by atoms with Gasteiger partial charge in [0.2, 0.25) is 5.91 Å². The minimum Gasteiger partial charge on any atom is -0.481 e. The maximum Gasteiger partial charge on any atom is 0.303 e. The van der Waals surface area contributed by atoms with E-state index in [0.717, 1.165) is 24.9 Å². The molecule has 2 aromatic rings. The molecule has 0 heterocycles. The van der Waals surface area contributed by atoms with Crippen LogP contribution in [0, 0.1) is 0 Å². The Morgan fingerprint density at radius 2 is 1.38 bits per heavy atom. The molecule has 1 unspecified atom stereocenters. The molecule has 1 atom stereocenters. The molecule has 40 heavy (non-hydrogen) atoms. The van der Waals surface area contributed by atoms with Crippen LogP contribution < -0.4 is 21.5 Å².